The van der Waals surface area contributed by atoms with Gasteiger partial charge in [-0.05, 0) is 72.4 Å². The molecule has 2 N–H and O–H groups in total. The lowest BCUT2D eigenvalue weighted by molar-refractivity contribution is 0.238. The van der Waals surface area contributed by atoms with E-state index in [-0.39, 0.29) is 12.1 Å². The van der Waals surface area contributed by atoms with Gasteiger partial charge >= 0.3 is 0 Å². The fraction of sp³-hybridized carbons (Fsp3) is 0.636. The minimum absolute atomic E-state index is 0.00152. The van der Waals surface area contributed by atoms with E-state index < -0.39 is 0 Å². The van der Waals surface area contributed by atoms with Crippen molar-refractivity contribution in [3.8, 4) is 11.5 Å². The number of unbranched alkanes of at least 4 members (excludes halogenated alkanes) is 7. The Morgan fingerprint density at radius 3 is 2.11 bits per heavy atom. The maximum atomic E-state index is 12.4. The summed E-state index contributed by atoms with van der Waals surface area (Å²) in [6, 6.07) is 13.7. The van der Waals surface area contributed by atoms with Crippen molar-refractivity contribution in [2.75, 3.05) is 12.4 Å². The van der Waals surface area contributed by atoms with Crippen molar-refractivity contribution < 1.29 is 14.6 Å². The van der Waals surface area contributed by atoms with E-state index in [1.54, 1.807) is 0 Å². The first-order valence-electron chi connectivity index (χ1n) is 14.6. The third-order valence-corrected chi connectivity index (χ3v) is 10.4. The molecule has 0 radical (unpaired) electrons. The molecule has 0 fully saturated rings. The minimum Gasteiger partial charge on any atom is -0.508 e. The van der Waals surface area contributed by atoms with Crippen LogP contribution in [-0.4, -0.2) is 22.6 Å². The lowest BCUT2D eigenvalue weighted by Crippen LogP contribution is -2.36. The van der Waals surface area contributed by atoms with Crippen LogP contribution in [0, 0.1) is 5.41 Å². The van der Waals surface area contributed by atoms with Crippen LogP contribution in [0.15, 0.2) is 47.4 Å². The van der Waals surface area contributed by atoms with Gasteiger partial charge in [-0.15, -0.1) is 11.8 Å². The van der Waals surface area contributed by atoms with Crippen molar-refractivity contribution >= 4 is 11.8 Å². The molecule has 206 valence electrons. The summed E-state index contributed by atoms with van der Waals surface area (Å²) >= 11 is 1.84. The molecule has 4 heteroatoms. The van der Waals surface area contributed by atoms with E-state index in [4.69, 9.17) is 0 Å². The summed E-state index contributed by atoms with van der Waals surface area (Å²) in [7, 11) is 0. The van der Waals surface area contributed by atoms with Crippen LogP contribution in [0.25, 0.3) is 0 Å². The summed E-state index contributed by atoms with van der Waals surface area (Å²) in [4.78, 5) is 1.21. The van der Waals surface area contributed by atoms with Gasteiger partial charge in [0.15, 0.2) is 0 Å². The number of halogens is 1. The molecule has 2 aromatic rings. The zero-order valence-electron chi connectivity index (χ0n) is 23.4. The average Bonchev–Trinajstić information content (AvgIpc) is 2.89. The first-order valence-corrected chi connectivity index (χ1v) is 15.6. The molecule has 2 aromatic carbocycles. The number of fused-ring (bicyclic) bond motifs is 1. The Balaban J connectivity index is 1.46. The quantitative estimate of drug-likeness (QED) is 0.213. The highest BCUT2D eigenvalue weighted by molar-refractivity contribution is 7.99. The number of phenols is 2. The summed E-state index contributed by atoms with van der Waals surface area (Å²) < 4.78 is 12.4. The van der Waals surface area contributed by atoms with Crippen LogP contribution < -0.4 is 0 Å². The summed E-state index contributed by atoms with van der Waals surface area (Å²) in [5.74, 6) is 2.03. The van der Waals surface area contributed by atoms with Crippen LogP contribution in [0.1, 0.15) is 121 Å². The van der Waals surface area contributed by atoms with E-state index in [0.717, 1.165) is 25.0 Å². The van der Waals surface area contributed by atoms with Crippen LogP contribution in [0.5, 0.6) is 11.5 Å². The van der Waals surface area contributed by atoms with E-state index in [9.17, 15) is 14.6 Å². The second-order valence-corrected chi connectivity index (χ2v) is 12.9. The molecule has 0 amide bonds. The number of hydrogen-bond donors (Lipinski definition) is 2. The monoisotopic (exact) mass is 528 g/mol. The number of aromatic hydroxyl groups is 2. The summed E-state index contributed by atoms with van der Waals surface area (Å²) in [5.41, 5.74) is 3.03. The molecule has 0 spiro atoms. The molecule has 1 aliphatic heterocycles. The molecule has 1 aliphatic rings. The lowest BCUT2D eigenvalue weighted by atomic mass is 9.68. The van der Waals surface area contributed by atoms with Crippen LogP contribution in [0.3, 0.4) is 0 Å². The van der Waals surface area contributed by atoms with Gasteiger partial charge in [0.2, 0.25) is 0 Å². The molecule has 0 bridgehead atoms. The standard InChI is InChI=1S/C33H49FO2S/c1-4-32(2,22-12-13-23-34)21-11-9-7-5-6-8-10-14-30-29-20-19-28(36)24-31(29)37-25-33(30,3)26-15-17-27(35)18-16-26/h15-20,24,30,35-36H,4-14,21-23,25H2,1-3H3/t30?,32?,33-/m1/s1. The van der Waals surface area contributed by atoms with Gasteiger partial charge in [-0.2, -0.15) is 0 Å². The van der Waals surface area contributed by atoms with Crippen molar-refractivity contribution in [1.29, 1.82) is 0 Å². The maximum Gasteiger partial charge on any atom is 0.116 e. The zero-order valence-corrected chi connectivity index (χ0v) is 24.2. The van der Waals surface area contributed by atoms with Gasteiger partial charge in [0.05, 0.1) is 6.67 Å². The Kier molecular flexibility index (Phi) is 11.7. The number of thioether (sulfide) groups is 1. The van der Waals surface area contributed by atoms with Gasteiger partial charge in [-0.25, -0.2) is 0 Å². The van der Waals surface area contributed by atoms with Gasteiger partial charge in [0, 0.05) is 16.1 Å². The van der Waals surface area contributed by atoms with Crippen LogP contribution >= 0.6 is 11.8 Å². The molecule has 0 aromatic heterocycles. The zero-order chi connectivity index (χ0) is 26.7. The van der Waals surface area contributed by atoms with Gasteiger partial charge in [0.1, 0.15) is 11.5 Å². The first-order chi connectivity index (χ1) is 17.8. The predicted octanol–water partition coefficient (Wildman–Crippen LogP) is 10.3. The van der Waals surface area contributed by atoms with Crippen molar-refractivity contribution in [1.82, 2.24) is 0 Å². The molecule has 0 saturated heterocycles. The average molecular weight is 529 g/mol. The van der Waals surface area contributed by atoms with E-state index >= 15 is 0 Å². The molecular formula is C33H49FO2S. The smallest absolute Gasteiger partial charge is 0.116 e. The van der Waals surface area contributed by atoms with E-state index in [1.165, 1.54) is 80.2 Å². The molecule has 3 atom stereocenters. The second-order valence-electron chi connectivity index (χ2n) is 11.9. The van der Waals surface area contributed by atoms with E-state index in [2.05, 4.69) is 39.0 Å². The minimum atomic E-state index is -0.175. The Morgan fingerprint density at radius 1 is 0.865 bits per heavy atom. The fourth-order valence-electron chi connectivity index (χ4n) is 6.12. The Hall–Kier alpha value is -1.68. The third-order valence-electron chi connectivity index (χ3n) is 8.99. The molecule has 37 heavy (non-hydrogen) atoms. The van der Waals surface area contributed by atoms with Crippen molar-refractivity contribution in [2.24, 2.45) is 5.41 Å². The highest BCUT2D eigenvalue weighted by Crippen LogP contribution is 2.52. The SMILES string of the molecule is CCC(C)(CCCCF)CCCCCCCCCC1c2ccc(O)cc2SC[C@]1(C)c1ccc(O)cc1. The molecule has 1 heterocycles. The number of benzene rings is 2. The Morgan fingerprint density at radius 2 is 1.46 bits per heavy atom. The van der Waals surface area contributed by atoms with Gasteiger partial charge in [0.25, 0.3) is 0 Å². The first kappa shape index (κ1) is 29.9. The predicted molar refractivity (Wildman–Crippen MR) is 157 cm³/mol. The summed E-state index contributed by atoms with van der Waals surface area (Å²) in [5, 5.41) is 19.9. The van der Waals surface area contributed by atoms with Crippen molar-refractivity contribution in [3.05, 3.63) is 53.6 Å². The maximum absolute atomic E-state index is 12.4. The van der Waals surface area contributed by atoms with Crippen molar-refractivity contribution in [3.63, 3.8) is 0 Å². The molecule has 2 unspecified atom stereocenters. The molecule has 2 nitrogen and oxygen atoms in total. The van der Waals surface area contributed by atoms with Crippen molar-refractivity contribution in [2.45, 2.75) is 120 Å². The van der Waals surface area contributed by atoms with Gasteiger partial charge in [-0.3, -0.25) is 4.39 Å². The lowest BCUT2D eigenvalue weighted by Gasteiger charge is -2.43. The highest BCUT2D eigenvalue weighted by Gasteiger charge is 2.41. The Labute approximate surface area is 229 Å². The topological polar surface area (TPSA) is 40.5 Å². The molecule has 0 saturated carbocycles. The second kappa shape index (κ2) is 14.5. The van der Waals surface area contributed by atoms with Crippen LogP contribution in [-0.2, 0) is 5.41 Å². The number of alkyl halides is 1. The fourth-order valence-corrected chi connectivity index (χ4v) is 7.52. The third kappa shape index (κ3) is 8.40. The van der Waals surface area contributed by atoms with E-state index in [0.29, 0.717) is 22.8 Å². The van der Waals surface area contributed by atoms with Gasteiger partial charge < -0.3 is 10.2 Å². The highest BCUT2D eigenvalue weighted by atomic mass is 32.2. The summed E-state index contributed by atoms with van der Waals surface area (Å²) in [6.07, 6.45) is 15.5. The number of phenolic OH excluding ortho intramolecular Hbond substituents is 2. The van der Waals surface area contributed by atoms with Gasteiger partial charge in [-0.1, -0.05) is 96.8 Å². The molecule has 0 aliphatic carbocycles. The molecule has 3 rings (SSSR count). The van der Waals surface area contributed by atoms with Crippen LogP contribution in [0.4, 0.5) is 4.39 Å². The number of hydrogen-bond acceptors (Lipinski definition) is 3. The summed E-state index contributed by atoms with van der Waals surface area (Å²) in [6.45, 7) is 6.87. The normalized spacial score (nSPS) is 20.9. The largest absolute Gasteiger partial charge is 0.508 e. The van der Waals surface area contributed by atoms with Crippen LogP contribution in [0.2, 0.25) is 0 Å². The van der Waals surface area contributed by atoms with E-state index in [1.807, 2.05) is 36.0 Å². The molecular weight excluding hydrogens is 479 g/mol. The Bertz CT molecular complexity index is 946. The number of rotatable bonds is 16.